The lowest BCUT2D eigenvalue weighted by molar-refractivity contribution is 0.0600. The van der Waals surface area contributed by atoms with E-state index in [1.165, 1.54) is 18.1 Å². The van der Waals surface area contributed by atoms with Crippen molar-refractivity contribution in [1.82, 2.24) is 4.90 Å². The van der Waals surface area contributed by atoms with Crippen LogP contribution in [0.4, 0.5) is 0 Å². The first-order valence-electron chi connectivity index (χ1n) is 6.73. The minimum atomic E-state index is -0.398. The van der Waals surface area contributed by atoms with Crippen LogP contribution < -0.4 is 0 Å². The SMILES string of the molecule is COC(=O)c1ccc(CN(C)C(=O)c2ccccc2O)cc1. The molecule has 2 aromatic carbocycles. The Hall–Kier alpha value is -2.82. The number of methoxy groups -OCH3 is 1. The Bertz CT molecular complexity index is 679. The van der Waals surface area contributed by atoms with E-state index in [2.05, 4.69) is 4.74 Å². The molecule has 0 aliphatic rings. The number of para-hydroxylation sites is 1. The smallest absolute Gasteiger partial charge is 0.337 e. The molecule has 1 N–H and O–H groups in total. The Morgan fingerprint density at radius 3 is 2.32 bits per heavy atom. The molecule has 0 radical (unpaired) electrons. The molecule has 2 rings (SSSR count). The molecule has 0 spiro atoms. The zero-order valence-electron chi connectivity index (χ0n) is 12.4. The topological polar surface area (TPSA) is 66.8 Å². The van der Waals surface area contributed by atoms with E-state index < -0.39 is 5.97 Å². The standard InChI is InChI=1S/C17H17NO4/c1-18(16(20)14-5-3-4-6-15(14)19)11-12-7-9-13(10-8-12)17(21)22-2/h3-10,19H,11H2,1-2H3. The second-order valence-electron chi connectivity index (χ2n) is 4.87. The summed E-state index contributed by atoms with van der Waals surface area (Å²) < 4.78 is 4.64. The Kier molecular flexibility index (Phi) is 4.78. The van der Waals surface area contributed by atoms with E-state index in [1.54, 1.807) is 49.5 Å². The van der Waals surface area contributed by atoms with Gasteiger partial charge >= 0.3 is 5.97 Å². The molecule has 0 atom stereocenters. The Labute approximate surface area is 128 Å². The molecule has 5 heteroatoms. The number of benzene rings is 2. The van der Waals surface area contributed by atoms with Gasteiger partial charge in [0.1, 0.15) is 5.75 Å². The molecule has 0 fully saturated rings. The summed E-state index contributed by atoms with van der Waals surface area (Å²) in [5.41, 5.74) is 1.59. The number of phenolic OH excluding ortho intramolecular Hbond substituents is 1. The van der Waals surface area contributed by atoms with Gasteiger partial charge in [-0.05, 0) is 29.8 Å². The van der Waals surface area contributed by atoms with E-state index >= 15 is 0 Å². The van der Waals surface area contributed by atoms with Crippen molar-refractivity contribution in [2.45, 2.75) is 6.54 Å². The first-order valence-corrected chi connectivity index (χ1v) is 6.73. The summed E-state index contributed by atoms with van der Waals surface area (Å²) in [4.78, 5) is 25.1. The maximum Gasteiger partial charge on any atom is 0.337 e. The van der Waals surface area contributed by atoms with Crippen molar-refractivity contribution in [2.75, 3.05) is 14.2 Å². The summed E-state index contributed by atoms with van der Waals surface area (Å²) in [5.74, 6) is -0.708. The van der Waals surface area contributed by atoms with E-state index in [0.29, 0.717) is 12.1 Å². The van der Waals surface area contributed by atoms with Gasteiger partial charge in [0, 0.05) is 13.6 Å². The van der Waals surface area contributed by atoms with Crippen LogP contribution in [0.5, 0.6) is 5.75 Å². The number of ether oxygens (including phenoxy) is 1. The fourth-order valence-corrected chi connectivity index (χ4v) is 2.07. The summed E-state index contributed by atoms with van der Waals surface area (Å²) in [6.45, 7) is 0.370. The average Bonchev–Trinajstić information content (AvgIpc) is 2.54. The van der Waals surface area contributed by atoms with Crippen LogP contribution in [0, 0.1) is 0 Å². The van der Waals surface area contributed by atoms with Gasteiger partial charge in [-0.2, -0.15) is 0 Å². The molecule has 114 valence electrons. The number of nitrogens with zero attached hydrogens (tertiary/aromatic N) is 1. The Balaban J connectivity index is 2.08. The number of aromatic hydroxyl groups is 1. The van der Waals surface area contributed by atoms with Gasteiger partial charge in [0.15, 0.2) is 0 Å². The van der Waals surface area contributed by atoms with Crippen LogP contribution in [0.15, 0.2) is 48.5 Å². The number of phenols is 1. The highest BCUT2D eigenvalue weighted by molar-refractivity contribution is 5.96. The van der Waals surface area contributed by atoms with Crippen LogP contribution in [0.3, 0.4) is 0 Å². The molecular weight excluding hydrogens is 282 g/mol. The number of rotatable bonds is 4. The molecule has 0 heterocycles. The predicted molar refractivity (Wildman–Crippen MR) is 81.7 cm³/mol. The number of carbonyl (C=O) groups excluding carboxylic acids is 2. The summed E-state index contributed by atoms with van der Waals surface area (Å²) >= 11 is 0. The van der Waals surface area contributed by atoms with Gasteiger partial charge in [0.2, 0.25) is 0 Å². The lowest BCUT2D eigenvalue weighted by Gasteiger charge is -2.18. The highest BCUT2D eigenvalue weighted by Crippen LogP contribution is 2.18. The van der Waals surface area contributed by atoms with Crippen molar-refractivity contribution in [2.24, 2.45) is 0 Å². The molecule has 0 aliphatic heterocycles. The van der Waals surface area contributed by atoms with E-state index in [1.807, 2.05) is 0 Å². The third-order valence-electron chi connectivity index (χ3n) is 3.28. The van der Waals surface area contributed by atoms with Gasteiger partial charge in [-0.15, -0.1) is 0 Å². The first kappa shape index (κ1) is 15.6. The quantitative estimate of drug-likeness (QED) is 0.881. The average molecular weight is 299 g/mol. The van der Waals surface area contributed by atoms with Gasteiger partial charge in [-0.25, -0.2) is 4.79 Å². The largest absolute Gasteiger partial charge is 0.507 e. The molecular formula is C17H17NO4. The van der Waals surface area contributed by atoms with Gasteiger partial charge < -0.3 is 14.7 Å². The monoisotopic (exact) mass is 299 g/mol. The summed E-state index contributed by atoms with van der Waals surface area (Å²) in [6, 6.07) is 13.3. The predicted octanol–water partition coefficient (Wildman–Crippen LogP) is 2.45. The van der Waals surface area contributed by atoms with E-state index in [9.17, 15) is 14.7 Å². The fourth-order valence-electron chi connectivity index (χ4n) is 2.07. The summed E-state index contributed by atoms with van der Waals surface area (Å²) in [5, 5.41) is 9.72. The van der Waals surface area contributed by atoms with E-state index in [0.717, 1.165) is 5.56 Å². The second kappa shape index (κ2) is 6.76. The zero-order valence-corrected chi connectivity index (χ0v) is 12.4. The van der Waals surface area contributed by atoms with Crippen LogP contribution in [0.1, 0.15) is 26.3 Å². The molecule has 0 aliphatic carbocycles. The van der Waals surface area contributed by atoms with Crippen LogP contribution in [0.2, 0.25) is 0 Å². The second-order valence-corrected chi connectivity index (χ2v) is 4.87. The zero-order chi connectivity index (χ0) is 16.1. The number of carbonyl (C=O) groups is 2. The molecule has 2 aromatic rings. The first-order chi connectivity index (χ1) is 10.5. The van der Waals surface area contributed by atoms with Crippen LogP contribution in [0.25, 0.3) is 0 Å². The maximum absolute atomic E-state index is 12.3. The van der Waals surface area contributed by atoms with Crippen molar-refractivity contribution < 1.29 is 19.4 Å². The molecule has 22 heavy (non-hydrogen) atoms. The molecule has 0 saturated carbocycles. The highest BCUT2D eigenvalue weighted by Gasteiger charge is 2.15. The lowest BCUT2D eigenvalue weighted by atomic mass is 10.1. The van der Waals surface area contributed by atoms with Crippen molar-refractivity contribution >= 4 is 11.9 Å². The van der Waals surface area contributed by atoms with E-state index in [-0.39, 0.29) is 17.2 Å². The molecule has 0 saturated heterocycles. The van der Waals surface area contributed by atoms with Gasteiger partial charge in [-0.3, -0.25) is 4.79 Å². The van der Waals surface area contributed by atoms with Gasteiger partial charge in [0.05, 0.1) is 18.2 Å². The van der Waals surface area contributed by atoms with Crippen molar-refractivity contribution in [3.05, 3.63) is 65.2 Å². The highest BCUT2D eigenvalue weighted by atomic mass is 16.5. The number of hydrogen-bond acceptors (Lipinski definition) is 4. The minimum absolute atomic E-state index is 0.0413. The number of esters is 1. The normalized spacial score (nSPS) is 10.1. The Morgan fingerprint density at radius 2 is 1.73 bits per heavy atom. The van der Waals surface area contributed by atoms with Crippen LogP contribution in [-0.4, -0.2) is 36.0 Å². The fraction of sp³-hybridized carbons (Fsp3) is 0.176. The molecule has 1 amide bonds. The molecule has 0 unspecified atom stereocenters. The van der Waals surface area contributed by atoms with E-state index in [4.69, 9.17) is 0 Å². The molecule has 0 aromatic heterocycles. The Morgan fingerprint density at radius 1 is 1.09 bits per heavy atom. The van der Waals surface area contributed by atoms with Gasteiger partial charge in [0.25, 0.3) is 5.91 Å². The van der Waals surface area contributed by atoms with Crippen molar-refractivity contribution in [1.29, 1.82) is 0 Å². The third kappa shape index (κ3) is 3.44. The minimum Gasteiger partial charge on any atom is -0.507 e. The number of amides is 1. The molecule has 0 bridgehead atoms. The van der Waals surface area contributed by atoms with Crippen LogP contribution in [-0.2, 0) is 11.3 Å². The summed E-state index contributed by atoms with van der Waals surface area (Å²) in [6.07, 6.45) is 0. The summed E-state index contributed by atoms with van der Waals surface area (Å²) in [7, 11) is 2.98. The van der Waals surface area contributed by atoms with Crippen molar-refractivity contribution in [3.63, 3.8) is 0 Å². The maximum atomic E-state index is 12.3. The number of hydrogen-bond donors (Lipinski definition) is 1. The van der Waals surface area contributed by atoms with Gasteiger partial charge in [-0.1, -0.05) is 24.3 Å². The molecule has 5 nitrogen and oxygen atoms in total. The third-order valence-corrected chi connectivity index (χ3v) is 3.28. The lowest BCUT2D eigenvalue weighted by Crippen LogP contribution is -2.26. The van der Waals surface area contributed by atoms with Crippen molar-refractivity contribution in [3.8, 4) is 5.75 Å². The van der Waals surface area contributed by atoms with Crippen LogP contribution >= 0.6 is 0 Å².